The molecule has 1 fully saturated rings. The molecule has 1 aliphatic rings. The third-order valence-corrected chi connectivity index (χ3v) is 2.46. The number of carboxylic acid groups (broad SMARTS) is 1. The Hall–Kier alpha value is -1.69. The van der Waals surface area contributed by atoms with Crippen molar-refractivity contribution in [2.24, 2.45) is 0 Å². The van der Waals surface area contributed by atoms with Gasteiger partial charge in [0.15, 0.2) is 5.69 Å². The van der Waals surface area contributed by atoms with Crippen LogP contribution < -0.4 is 5.32 Å². The molecule has 1 aromatic rings. The minimum atomic E-state index is -1.06. The largest absolute Gasteiger partial charge is 0.476 e. The third-order valence-electron chi connectivity index (χ3n) is 2.46. The Morgan fingerprint density at radius 1 is 1.38 bits per heavy atom. The molecule has 1 aromatic heterocycles. The molecular formula is C10H13N3O3. The normalized spacial score (nSPS) is 17.0. The van der Waals surface area contributed by atoms with Crippen molar-refractivity contribution in [1.29, 1.82) is 0 Å². The number of carbonyl (C=O) groups is 1. The Balaban J connectivity index is 1.96. The summed E-state index contributed by atoms with van der Waals surface area (Å²) in [5.41, 5.74) is -0.0440. The lowest BCUT2D eigenvalue weighted by Crippen LogP contribution is -2.28. The van der Waals surface area contributed by atoms with Crippen LogP contribution in [0, 0.1) is 0 Å². The smallest absolute Gasteiger partial charge is 0.356 e. The van der Waals surface area contributed by atoms with Crippen LogP contribution in [0.4, 0.5) is 5.82 Å². The summed E-state index contributed by atoms with van der Waals surface area (Å²) in [6, 6.07) is 3.40. The summed E-state index contributed by atoms with van der Waals surface area (Å²) >= 11 is 0. The molecule has 0 bridgehead atoms. The van der Waals surface area contributed by atoms with Gasteiger partial charge in [-0.3, -0.25) is 0 Å². The van der Waals surface area contributed by atoms with Crippen molar-refractivity contribution in [2.75, 3.05) is 18.5 Å². The number of ether oxygens (including phenoxy) is 1. The number of aromatic nitrogens is 2. The maximum Gasteiger partial charge on any atom is 0.356 e. The van der Waals surface area contributed by atoms with Crippen LogP contribution in [0.5, 0.6) is 0 Å². The van der Waals surface area contributed by atoms with E-state index in [0.717, 1.165) is 26.1 Å². The number of hydrogen-bond donors (Lipinski definition) is 2. The summed E-state index contributed by atoms with van der Waals surface area (Å²) in [5, 5.41) is 19.3. The lowest BCUT2D eigenvalue weighted by Gasteiger charge is -2.23. The van der Waals surface area contributed by atoms with Gasteiger partial charge in [0.05, 0.1) is 0 Å². The highest BCUT2D eigenvalue weighted by Crippen LogP contribution is 2.12. The second-order valence-corrected chi connectivity index (χ2v) is 3.64. The second kappa shape index (κ2) is 4.89. The number of rotatable bonds is 3. The zero-order valence-electron chi connectivity index (χ0n) is 8.72. The Labute approximate surface area is 92.6 Å². The first-order valence-corrected chi connectivity index (χ1v) is 5.17. The van der Waals surface area contributed by atoms with E-state index in [9.17, 15) is 4.79 Å². The van der Waals surface area contributed by atoms with E-state index in [1.807, 2.05) is 0 Å². The van der Waals surface area contributed by atoms with Crippen LogP contribution in [0.2, 0.25) is 0 Å². The van der Waals surface area contributed by atoms with Gasteiger partial charge in [0.2, 0.25) is 0 Å². The van der Waals surface area contributed by atoms with Crippen molar-refractivity contribution in [2.45, 2.75) is 18.9 Å². The van der Waals surface area contributed by atoms with Crippen LogP contribution in [0.15, 0.2) is 12.1 Å². The third kappa shape index (κ3) is 2.66. The standard InChI is InChI=1S/C10H13N3O3/c14-10(15)8-1-2-9(13-12-8)11-7-3-5-16-6-4-7/h1-2,7H,3-6H2,(H,11,13)(H,14,15). The van der Waals surface area contributed by atoms with Crippen molar-refractivity contribution < 1.29 is 14.6 Å². The first-order valence-electron chi connectivity index (χ1n) is 5.17. The molecule has 1 saturated heterocycles. The van der Waals surface area contributed by atoms with Crippen LogP contribution in [-0.2, 0) is 4.74 Å². The molecule has 0 spiro atoms. The SMILES string of the molecule is O=C(O)c1ccc(NC2CCOCC2)nn1. The minimum Gasteiger partial charge on any atom is -0.476 e. The van der Waals surface area contributed by atoms with Crippen LogP contribution in [0.25, 0.3) is 0 Å². The summed E-state index contributed by atoms with van der Waals surface area (Å²) in [6.07, 6.45) is 1.87. The van der Waals surface area contributed by atoms with Crippen LogP contribution in [-0.4, -0.2) is 40.5 Å². The van der Waals surface area contributed by atoms with Gasteiger partial charge in [0, 0.05) is 19.3 Å². The highest BCUT2D eigenvalue weighted by atomic mass is 16.5. The van der Waals surface area contributed by atoms with Crippen molar-refractivity contribution in [1.82, 2.24) is 10.2 Å². The molecule has 6 nitrogen and oxygen atoms in total. The highest BCUT2D eigenvalue weighted by Gasteiger charge is 2.14. The molecule has 0 saturated carbocycles. The van der Waals surface area contributed by atoms with E-state index < -0.39 is 5.97 Å². The molecule has 0 aliphatic carbocycles. The fourth-order valence-electron chi connectivity index (χ4n) is 1.57. The average Bonchev–Trinajstić information content (AvgIpc) is 2.31. The number of nitrogens with zero attached hydrogens (tertiary/aromatic N) is 2. The summed E-state index contributed by atoms with van der Waals surface area (Å²) in [6.45, 7) is 1.50. The molecular weight excluding hydrogens is 210 g/mol. The lowest BCUT2D eigenvalue weighted by atomic mass is 10.1. The monoisotopic (exact) mass is 223 g/mol. The number of hydrogen-bond acceptors (Lipinski definition) is 5. The van der Waals surface area contributed by atoms with Crippen molar-refractivity contribution in [3.8, 4) is 0 Å². The van der Waals surface area contributed by atoms with Crippen molar-refractivity contribution in [3.05, 3.63) is 17.8 Å². The van der Waals surface area contributed by atoms with Gasteiger partial charge in [-0.2, -0.15) is 0 Å². The molecule has 0 atom stereocenters. The van der Waals surface area contributed by atoms with Gasteiger partial charge in [0.1, 0.15) is 5.82 Å². The maximum atomic E-state index is 10.6. The quantitative estimate of drug-likeness (QED) is 0.787. The zero-order valence-corrected chi connectivity index (χ0v) is 8.72. The first-order chi connectivity index (χ1) is 7.75. The number of nitrogens with one attached hydrogen (secondary N) is 1. The molecule has 16 heavy (non-hydrogen) atoms. The Morgan fingerprint density at radius 3 is 2.69 bits per heavy atom. The molecule has 86 valence electrons. The fraction of sp³-hybridized carbons (Fsp3) is 0.500. The fourth-order valence-corrected chi connectivity index (χ4v) is 1.57. The molecule has 2 rings (SSSR count). The van der Waals surface area contributed by atoms with E-state index >= 15 is 0 Å². The summed E-state index contributed by atoms with van der Waals surface area (Å²) in [7, 11) is 0. The Kier molecular flexibility index (Phi) is 3.31. The molecule has 2 N–H and O–H groups in total. The predicted molar refractivity (Wildman–Crippen MR) is 56.5 cm³/mol. The van der Waals surface area contributed by atoms with Crippen molar-refractivity contribution in [3.63, 3.8) is 0 Å². The summed E-state index contributed by atoms with van der Waals surface area (Å²) < 4.78 is 5.23. The number of aromatic carboxylic acids is 1. The van der Waals surface area contributed by atoms with Crippen LogP contribution in [0.3, 0.4) is 0 Å². The molecule has 2 heterocycles. The van der Waals surface area contributed by atoms with Gasteiger partial charge in [-0.25, -0.2) is 4.79 Å². The van der Waals surface area contributed by atoms with Gasteiger partial charge in [-0.1, -0.05) is 0 Å². The number of carboxylic acids is 1. The lowest BCUT2D eigenvalue weighted by molar-refractivity contribution is 0.0689. The molecule has 0 amide bonds. The first kappa shape index (κ1) is 10.8. The Bertz CT molecular complexity index is 360. The van der Waals surface area contributed by atoms with Gasteiger partial charge >= 0.3 is 5.97 Å². The van der Waals surface area contributed by atoms with E-state index in [-0.39, 0.29) is 5.69 Å². The van der Waals surface area contributed by atoms with E-state index in [1.54, 1.807) is 6.07 Å². The number of anilines is 1. The van der Waals surface area contributed by atoms with Crippen LogP contribution in [0.1, 0.15) is 23.3 Å². The molecule has 0 aromatic carbocycles. The van der Waals surface area contributed by atoms with Crippen molar-refractivity contribution >= 4 is 11.8 Å². The van der Waals surface area contributed by atoms with E-state index in [2.05, 4.69) is 15.5 Å². The van der Waals surface area contributed by atoms with E-state index in [4.69, 9.17) is 9.84 Å². The van der Waals surface area contributed by atoms with Gasteiger partial charge in [-0.05, 0) is 25.0 Å². The van der Waals surface area contributed by atoms with Crippen LogP contribution >= 0.6 is 0 Å². The maximum absolute atomic E-state index is 10.6. The Morgan fingerprint density at radius 2 is 2.12 bits per heavy atom. The summed E-state index contributed by atoms with van der Waals surface area (Å²) in [4.78, 5) is 10.6. The molecule has 0 radical (unpaired) electrons. The highest BCUT2D eigenvalue weighted by molar-refractivity contribution is 5.85. The zero-order chi connectivity index (χ0) is 11.4. The summed E-state index contributed by atoms with van der Waals surface area (Å²) in [5.74, 6) is -0.456. The van der Waals surface area contributed by atoms with E-state index in [1.165, 1.54) is 6.07 Å². The van der Waals surface area contributed by atoms with Gasteiger partial charge in [-0.15, -0.1) is 10.2 Å². The van der Waals surface area contributed by atoms with Gasteiger partial charge < -0.3 is 15.2 Å². The van der Waals surface area contributed by atoms with Gasteiger partial charge in [0.25, 0.3) is 0 Å². The topological polar surface area (TPSA) is 84.3 Å². The molecule has 1 aliphatic heterocycles. The average molecular weight is 223 g/mol. The van der Waals surface area contributed by atoms with E-state index in [0.29, 0.717) is 11.9 Å². The second-order valence-electron chi connectivity index (χ2n) is 3.64. The minimum absolute atomic E-state index is 0.0440. The molecule has 0 unspecified atom stereocenters. The predicted octanol–water partition coefficient (Wildman–Crippen LogP) is 0.766. The molecule has 6 heteroatoms.